The van der Waals surface area contributed by atoms with E-state index < -0.39 is 11.5 Å². The molecule has 6 heteroatoms. The summed E-state index contributed by atoms with van der Waals surface area (Å²) in [5.41, 5.74) is 2.69. The average molecular weight is 399 g/mol. The number of hydrogen-bond acceptors (Lipinski definition) is 4. The largest absolute Gasteiger partial charge is 0.392 e. The van der Waals surface area contributed by atoms with Crippen LogP contribution in [0, 0.1) is 0 Å². The lowest BCUT2D eigenvalue weighted by atomic mass is 9.72. The molecule has 150 valence electrons. The van der Waals surface area contributed by atoms with E-state index in [4.69, 9.17) is 0 Å². The van der Waals surface area contributed by atoms with Crippen molar-refractivity contribution in [2.24, 2.45) is 0 Å². The smallest absolute Gasteiger partial charge is 0.273 e. The van der Waals surface area contributed by atoms with Crippen molar-refractivity contribution in [1.82, 2.24) is 9.88 Å². The van der Waals surface area contributed by atoms with Crippen LogP contribution in [0.25, 0.3) is 0 Å². The fourth-order valence-corrected chi connectivity index (χ4v) is 4.84. The number of fused-ring (bicyclic) bond motifs is 2. The molecule has 1 saturated heterocycles. The summed E-state index contributed by atoms with van der Waals surface area (Å²) in [6.07, 6.45) is 2.06. The lowest BCUT2D eigenvalue weighted by molar-refractivity contribution is -0.121. The van der Waals surface area contributed by atoms with Crippen LogP contribution in [0.5, 0.6) is 0 Å². The molecule has 2 aliphatic rings. The van der Waals surface area contributed by atoms with Gasteiger partial charge in [0.15, 0.2) is 0 Å². The zero-order chi connectivity index (χ0) is 20.7. The van der Waals surface area contributed by atoms with Gasteiger partial charge in [-0.05, 0) is 41.3 Å². The van der Waals surface area contributed by atoms with Crippen LogP contribution in [0.3, 0.4) is 0 Å². The predicted molar refractivity (Wildman–Crippen MR) is 112 cm³/mol. The van der Waals surface area contributed by atoms with Crippen LogP contribution in [0.4, 0.5) is 5.69 Å². The summed E-state index contributed by atoms with van der Waals surface area (Å²) >= 11 is 0. The number of amides is 2. The quantitative estimate of drug-likeness (QED) is 0.709. The van der Waals surface area contributed by atoms with Gasteiger partial charge in [0.2, 0.25) is 5.91 Å². The minimum atomic E-state index is -0.845. The first-order valence-electron chi connectivity index (χ1n) is 9.98. The van der Waals surface area contributed by atoms with Crippen LogP contribution < -0.4 is 5.32 Å². The molecule has 2 amide bonds. The number of aromatic nitrogens is 1. The molecule has 3 aromatic rings. The molecule has 0 saturated carbocycles. The Morgan fingerprint density at radius 1 is 1.13 bits per heavy atom. The highest BCUT2D eigenvalue weighted by molar-refractivity contribution is 6.08. The Morgan fingerprint density at radius 3 is 2.70 bits per heavy atom. The molecule has 0 aliphatic carbocycles. The molecule has 0 radical (unpaired) electrons. The molecule has 2 N–H and O–H groups in total. The Bertz CT molecular complexity index is 1130. The van der Waals surface area contributed by atoms with Gasteiger partial charge >= 0.3 is 0 Å². The van der Waals surface area contributed by atoms with Crippen LogP contribution in [0.15, 0.2) is 72.9 Å². The minimum absolute atomic E-state index is 0.0788. The molecular formula is C24H21N3O3. The van der Waals surface area contributed by atoms with E-state index in [1.54, 1.807) is 17.0 Å². The number of benzene rings is 2. The number of likely N-dealkylation sites (tertiary alicyclic amines) is 1. The SMILES string of the molecule is O=C(c1cc(CO)ccn1)N1CCC2(C(=O)Nc3ccccc32)C1c1ccccc1. The molecule has 2 aromatic carbocycles. The van der Waals surface area contributed by atoms with Crippen LogP contribution in [-0.4, -0.2) is 33.3 Å². The zero-order valence-corrected chi connectivity index (χ0v) is 16.3. The molecule has 1 aromatic heterocycles. The monoisotopic (exact) mass is 399 g/mol. The number of carbonyl (C=O) groups excluding carboxylic acids is 2. The number of carbonyl (C=O) groups is 2. The van der Waals surface area contributed by atoms with E-state index in [1.807, 2.05) is 54.6 Å². The standard InChI is InChI=1S/C24H21N3O3/c28-15-16-10-12-25-20(14-16)22(29)27-13-11-24(21(27)17-6-2-1-3-7-17)18-8-4-5-9-19(18)26-23(24)30/h1-10,12,14,21,28H,11,13,15H2,(H,26,30). The number of anilines is 1. The van der Waals surface area contributed by atoms with Crippen molar-refractivity contribution in [2.75, 3.05) is 11.9 Å². The van der Waals surface area contributed by atoms with Gasteiger partial charge in [0, 0.05) is 18.4 Å². The Morgan fingerprint density at radius 2 is 1.90 bits per heavy atom. The van der Waals surface area contributed by atoms with Crippen molar-refractivity contribution >= 4 is 17.5 Å². The van der Waals surface area contributed by atoms with E-state index in [9.17, 15) is 14.7 Å². The summed E-state index contributed by atoms with van der Waals surface area (Å²) in [4.78, 5) is 32.8. The molecule has 1 spiro atoms. The number of para-hydroxylation sites is 1. The first-order valence-corrected chi connectivity index (χ1v) is 9.98. The van der Waals surface area contributed by atoms with Gasteiger partial charge in [-0.2, -0.15) is 0 Å². The number of nitrogens with zero attached hydrogens (tertiary/aromatic N) is 2. The second-order valence-electron chi connectivity index (χ2n) is 7.74. The molecule has 5 rings (SSSR count). The fourth-order valence-electron chi connectivity index (χ4n) is 4.84. The maximum atomic E-state index is 13.5. The lowest BCUT2D eigenvalue weighted by Crippen LogP contribution is -2.42. The fraction of sp³-hybridized carbons (Fsp3) is 0.208. The van der Waals surface area contributed by atoms with Crippen molar-refractivity contribution < 1.29 is 14.7 Å². The van der Waals surface area contributed by atoms with E-state index in [0.717, 1.165) is 16.8 Å². The van der Waals surface area contributed by atoms with Crippen LogP contribution in [-0.2, 0) is 16.8 Å². The number of aliphatic hydroxyl groups is 1. The van der Waals surface area contributed by atoms with Crippen molar-refractivity contribution in [3.05, 3.63) is 95.3 Å². The summed E-state index contributed by atoms with van der Waals surface area (Å²) in [7, 11) is 0. The van der Waals surface area contributed by atoms with Gasteiger partial charge in [0.25, 0.3) is 5.91 Å². The Hall–Kier alpha value is -3.51. The average Bonchev–Trinajstić information content (AvgIpc) is 3.33. The third kappa shape index (κ3) is 2.64. The Balaban J connectivity index is 1.65. The number of hydrogen-bond donors (Lipinski definition) is 2. The van der Waals surface area contributed by atoms with Gasteiger partial charge in [-0.15, -0.1) is 0 Å². The van der Waals surface area contributed by atoms with Crippen molar-refractivity contribution in [2.45, 2.75) is 24.5 Å². The molecule has 2 atom stereocenters. The predicted octanol–water partition coefficient (Wildman–Crippen LogP) is 3.05. The second kappa shape index (κ2) is 7.07. The number of aliphatic hydroxyl groups excluding tert-OH is 1. The molecule has 30 heavy (non-hydrogen) atoms. The molecule has 6 nitrogen and oxygen atoms in total. The first-order chi connectivity index (χ1) is 14.6. The van der Waals surface area contributed by atoms with Crippen LogP contribution >= 0.6 is 0 Å². The third-order valence-corrected chi connectivity index (χ3v) is 6.19. The van der Waals surface area contributed by atoms with Crippen LogP contribution in [0.1, 0.15) is 39.6 Å². The van der Waals surface area contributed by atoms with E-state index in [2.05, 4.69) is 10.3 Å². The number of nitrogens with one attached hydrogen (secondary N) is 1. The Labute approximate surface area is 174 Å². The topological polar surface area (TPSA) is 82.5 Å². The lowest BCUT2D eigenvalue weighted by Gasteiger charge is -2.34. The molecule has 1 fully saturated rings. The molecule has 0 bridgehead atoms. The van der Waals surface area contributed by atoms with Gasteiger partial charge < -0.3 is 15.3 Å². The zero-order valence-electron chi connectivity index (χ0n) is 16.3. The molecule has 3 heterocycles. The van der Waals surface area contributed by atoms with E-state index in [1.165, 1.54) is 6.20 Å². The normalized spacial score (nSPS) is 22.2. The maximum absolute atomic E-state index is 13.5. The highest BCUT2D eigenvalue weighted by Crippen LogP contribution is 2.54. The van der Waals surface area contributed by atoms with E-state index >= 15 is 0 Å². The molecule has 2 aliphatic heterocycles. The van der Waals surface area contributed by atoms with E-state index in [0.29, 0.717) is 18.5 Å². The second-order valence-corrected chi connectivity index (χ2v) is 7.74. The number of pyridine rings is 1. The highest BCUT2D eigenvalue weighted by Gasteiger charge is 2.59. The maximum Gasteiger partial charge on any atom is 0.273 e. The van der Waals surface area contributed by atoms with Gasteiger partial charge in [-0.1, -0.05) is 48.5 Å². The summed E-state index contributed by atoms with van der Waals surface area (Å²) in [5.74, 6) is -0.321. The van der Waals surface area contributed by atoms with Gasteiger partial charge in [0.1, 0.15) is 11.1 Å². The summed E-state index contributed by atoms with van der Waals surface area (Å²) in [5, 5.41) is 12.5. The summed E-state index contributed by atoms with van der Waals surface area (Å²) in [6, 6.07) is 20.2. The van der Waals surface area contributed by atoms with E-state index in [-0.39, 0.29) is 24.1 Å². The van der Waals surface area contributed by atoms with Crippen LogP contribution in [0.2, 0.25) is 0 Å². The Kier molecular flexibility index (Phi) is 4.37. The minimum Gasteiger partial charge on any atom is -0.392 e. The first kappa shape index (κ1) is 18.5. The van der Waals surface area contributed by atoms with Crippen molar-refractivity contribution in [3.63, 3.8) is 0 Å². The molecule has 2 unspecified atom stereocenters. The third-order valence-electron chi connectivity index (χ3n) is 6.19. The van der Waals surface area contributed by atoms with Crippen molar-refractivity contribution in [1.29, 1.82) is 0 Å². The highest BCUT2D eigenvalue weighted by atomic mass is 16.3. The summed E-state index contributed by atoms with van der Waals surface area (Å²) in [6.45, 7) is 0.274. The van der Waals surface area contributed by atoms with Crippen molar-refractivity contribution in [3.8, 4) is 0 Å². The molecular weight excluding hydrogens is 378 g/mol. The van der Waals surface area contributed by atoms with Gasteiger partial charge in [-0.25, -0.2) is 0 Å². The summed E-state index contributed by atoms with van der Waals surface area (Å²) < 4.78 is 0. The van der Waals surface area contributed by atoms with Gasteiger partial charge in [-0.3, -0.25) is 14.6 Å². The number of rotatable bonds is 3. The van der Waals surface area contributed by atoms with Gasteiger partial charge in [0.05, 0.1) is 12.6 Å².